The molecule has 0 radical (unpaired) electrons. The molecule has 0 saturated carbocycles. The molecule has 2 atom stereocenters. The van der Waals surface area contributed by atoms with E-state index in [1.165, 1.54) is 0 Å². The Morgan fingerprint density at radius 3 is 2.09 bits per heavy atom. The van der Waals surface area contributed by atoms with Gasteiger partial charge in [-0.05, 0) is 34.1 Å². The molecule has 1 rings (SSSR count). The zero-order valence-corrected chi connectivity index (χ0v) is 7.89. The van der Waals surface area contributed by atoms with Crippen molar-refractivity contribution in [1.82, 2.24) is 4.90 Å². The monoisotopic (exact) mass is 159 g/mol. The molecule has 1 aliphatic heterocycles. The maximum absolute atomic E-state index is 12.9. The number of nitrogens with zero attached hydrogens (tertiary/aromatic N) is 1. The molecule has 1 nitrogen and oxygen atoms in total. The number of hydrogen-bond donors (Lipinski definition) is 0. The minimum Gasteiger partial charge on any atom is -0.293 e. The SMILES string of the molecule is CC1CC(F)CN1C(C)(C)C. The van der Waals surface area contributed by atoms with E-state index in [1.54, 1.807) is 0 Å². The molecule has 0 amide bonds. The highest BCUT2D eigenvalue weighted by Crippen LogP contribution is 2.27. The number of hydrogen-bond acceptors (Lipinski definition) is 1. The second kappa shape index (κ2) is 2.74. The van der Waals surface area contributed by atoms with E-state index in [0.29, 0.717) is 19.0 Å². The van der Waals surface area contributed by atoms with Crippen LogP contribution in [0.25, 0.3) is 0 Å². The third-order valence-corrected chi connectivity index (χ3v) is 2.39. The molecule has 1 heterocycles. The molecule has 2 unspecified atom stereocenters. The predicted octanol–water partition coefficient (Wildman–Crippen LogP) is 2.22. The first-order valence-electron chi connectivity index (χ1n) is 4.32. The van der Waals surface area contributed by atoms with Crippen molar-refractivity contribution in [2.75, 3.05) is 6.54 Å². The van der Waals surface area contributed by atoms with Crippen LogP contribution in [-0.4, -0.2) is 29.2 Å². The lowest BCUT2D eigenvalue weighted by atomic mass is 10.1. The summed E-state index contributed by atoms with van der Waals surface area (Å²) >= 11 is 0. The summed E-state index contributed by atoms with van der Waals surface area (Å²) in [4.78, 5) is 2.23. The number of likely N-dealkylation sites (tertiary alicyclic amines) is 1. The molecule has 66 valence electrons. The van der Waals surface area contributed by atoms with Crippen LogP contribution in [-0.2, 0) is 0 Å². The van der Waals surface area contributed by atoms with Gasteiger partial charge in [0.25, 0.3) is 0 Å². The molecule has 1 fully saturated rings. The van der Waals surface area contributed by atoms with E-state index in [1.807, 2.05) is 0 Å². The second-order valence-corrected chi connectivity index (χ2v) is 4.51. The van der Waals surface area contributed by atoms with Gasteiger partial charge in [0, 0.05) is 18.1 Å². The highest BCUT2D eigenvalue weighted by atomic mass is 19.1. The molecule has 0 aromatic rings. The first kappa shape index (κ1) is 8.98. The van der Waals surface area contributed by atoms with Gasteiger partial charge in [0.1, 0.15) is 6.17 Å². The summed E-state index contributed by atoms with van der Waals surface area (Å²) in [6.45, 7) is 9.14. The Morgan fingerprint density at radius 1 is 1.36 bits per heavy atom. The van der Waals surface area contributed by atoms with Crippen LogP contribution < -0.4 is 0 Å². The van der Waals surface area contributed by atoms with Crippen molar-refractivity contribution in [2.24, 2.45) is 0 Å². The van der Waals surface area contributed by atoms with Crippen LogP contribution in [0.3, 0.4) is 0 Å². The predicted molar refractivity (Wildman–Crippen MR) is 45.4 cm³/mol. The van der Waals surface area contributed by atoms with Crippen molar-refractivity contribution in [2.45, 2.75) is 51.9 Å². The van der Waals surface area contributed by atoms with Crippen molar-refractivity contribution >= 4 is 0 Å². The van der Waals surface area contributed by atoms with Gasteiger partial charge in [0.15, 0.2) is 0 Å². The van der Waals surface area contributed by atoms with E-state index >= 15 is 0 Å². The fourth-order valence-corrected chi connectivity index (χ4v) is 1.90. The van der Waals surface area contributed by atoms with E-state index in [9.17, 15) is 4.39 Å². The highest BCUT2D eigenvalue weighted by molar-refractivity contribution is 4.89. The maximum Gasteiger partial charge on any atom is 0.114 e. The van der Waals surface area contributed by atoms with Gasteiger partial charge in [-0.15, -0.1) is 0 Å². The van der Waals surface area contributed by atoms with Gasteiger partial charge in [0.05, 0.1) is 0 Å². The van der Waals surface area contributed by atoms with Crippen molar-refractivity contribution < 1.29 is 4.39 Å². The normalized spacial score (nSPS) is 34.6. The Balaban J connectivity index is 2.60. The van der Waals surface area contributed by atoms with Crippen LogP contribution in [0, 0.1) is 0 Å². The van der Waals surface area contributed by atoms with Gasteiger partial charge in [-0.2, -0.15) is 0 Å². The third-order valence-electron chi connectivity index (χ3n) is 2.39. The Morgan fingerprint density at radius 2 is 1.91 bits per heavy atom. The van der Waals surface area contributed by atoms with E-state index in [4.69, 9.17) is 0 Å². The van der Waals surface area contributed by atoms with E-state index in [-0.39, 0.29) is 5.54 Å². The fraction of sp³-hybridized carbons (Fsp3) is 1.00. The van der Waals surface area contributed by atoms with Crippen molar-refractivity contribution in [3.63, 3.8) is 0 Å². The van der Waals surface area contributed by atoms with Crippen LogP contribution in [0.4, 0.5) is 4.39 Å². The van der Waals surface area contributed by atoms with Gasteiger partial charge in [-0.25, -0.2) is 4.39 Å². The average molecular weight is 159 g/mol. The Hall–Kier alpha value is -0.110. The van der Waals surface area contributed by atoms with Crippen LogP contribution in [0.1, 0.15) is 34.1 Å². The van der Waals surface area contributed by atoms with E-state index in [0.717, 1.165) is 0 Å². The largest absolute Gasteiger partial charge is 0.293 e. The van der Waals surface area contributed by atoms with Crippen LogP contribution in [0.15, 0.2) is 0 Å². The molecule has 11 heavy (non-hydrogen) atoms. The Labute approximate surface area is 68.6 Å². The molecule has 0 N–H and O–H groups in total. The van der Waals surface area contributed by atoms with Crippen LogP contribution >= 0.6 is 0 Å². The van der Waals surface area contributed by atoms with E-state index < -0.39 is 6.17 Å². The molecule has 0 bridgehead atoms. The first-order chi connectivity index (χ1) is 4.91. The molecule has 1 saturated heterocycles. The maximum atomic E-state index is 12.9. The number of alkyl halides is 1. The van der Waals surface area contributed by atoms with Crippen molar-refractivity contribution in [1.29, 1.82) is 0 Å². The van der Waals surface area contributed by atoms with Gasteiger partial charge in [-0.1, -0.05) is 0 Å². The van der Waals surface area contributed by atoms with Crippen molar-refractivity contribution in [3.05, 3.63) is 0 Å². The first-order valence-corrected chi connectivity index (χ1v) is 4.32. The molecule has 0 spiro atoms. The summed E-state index contributed by atoms with van der Waals surface area (Å²) in [6.07, 6.45) is 0.0984. The van der Waals surface area contributed by atoms with Gasteiger partial charge in [0.2, 0.25) is 0 Å². The lowest BCUT2D eigenvalue weighted by Gasteiger charge is -2.35. The smallest absolute Gasteiger partial charge is 0.114 e. The minimum absolute atomic E-state index is 0.125. The molecular formula is C9H18FN. The van der Waals surface area contributed by atoms with Crippen LogP contribution in [0.5, 0.6) is 0 Å². The summed E-state index contributed by atoms with van der Waals surface area (Å²) in [7, 11) is 0. The highest BCUT2D eigenvalue weighted by Gasteiger charge is 2.35. The summed E-state index contributed by atoms with van der Waals surface area (Å²) in [5, 5.41) is 0. The Kier molecular flexibility index (Phi) is 2.24. The lowest BCUT2D eigenvalue weighted by Crippen LogP contribution is -2.43. The van der Waals surface area contributed by atoms with Gasteiger partial charge in [-0.3, -0.25) is 4.90 Å². The molecule has 0 aromatic carbocycles. The number of rotatable bonds is 0. The molecule has 1 aliphatic rings. The molecular weight excluding hydrogens is 141 g/mol. The summed E-state index contributed by atoms with van der Waals surface area (Å²) in [6, 6.07) is 0.407. The van der Waals surface area contributed by atoms with E-state index in [2.05, 4.69) is 32.6 Å². The standard InChI is InChI=1S/C9H18FN/c1-7-5-8(10)6-11(7)9(2,3)4/h7-8H,5-6H2,1-4H3. The van der Waals surface area contributed by atoms with Crippen molar-refractivity contribution in [3.8, 4) is 0 Å². The zero-order valence-electron chi connectivity index (χ0n) is 7.89. The lowest BCUT2D eigenvalue weighted by molar-refractivity contribution is 0.124. The number of halogens is 1. The molecule has 2 heteroatoms. The quantitative estimate of drug-likeness (QED) is 0.524. The average Bonchev–Trinajstić information content (AvgIpc) is 2.08. The Bertz CT molecular complexity index is 139. The van der Waals surface area contributed by atoms with Gasteiger partial charge >= 0.3 is 0 Å². The zero-order chi connectivity index (χ0) is 8.65. The third kappa shape index (κ3) is 1.92. The summed E-state index contributed by atoms with van der Waals surface area (Å²) in [5.74, 6) is 0. The molecule has 0 aromatic heterocycles. The topological polar surface area (TPSA) is 3.24 Å². The fourth-order valence-electron chi connectivity index (χ4n) is 1.90. The summed E-state index contributed by atoms with van der Waals surface area (Å²) in [5.41, 5.74) is 0.125. The molecule has 0 aliphatic carbocycles. The minimum atomic E-state index is -0.607. The summed E-state index contributed by atoms with van der Waals surface area (Å²) < 4.78 is 12.9. The van der Waals surface area contributed by atoms with Gasteiger partial charge < -0.3 is 0 Å². The van der Waals surface area contributed by atoms with Crippen LogP contribution in [0.2, 0.25) is 0 Å². The second-order valence-electron chi connectivity index (χ2n) is 4.51.